The lowest BCUT2D eigenvalue weighted by Gasteiger charge is -2.32. The second-order valence-electron chi connectivity index (χ2n) is 9.84. The molecule has 1 saturated heterocycles. The molecule has 0 radical (unpaired) electrons. The molecule has 4 aromatic rings. The zero-order valence-electron chi connectivity index (χ0n) is 22.1. The number of aromatic nitrogens is 4. The normalized spacial score (nSPS) is 18.4. The summed E-state index contributed by atoms with van der Waals surface area (Å²) >= 11 is 3.33. The predicted octanol–water partition coefficient (Wildman–Crippen LogP) is 5.00. The van der Waals surface area contributed by atoms with Crippen molar-refractivity contribution in [3.8, 4) is 21.1 Å². The van der Waals surface area contributed by atoms with E-state index >= 15 is 0 Å². The van der Waals surface area contributed by atoms with Crippen molar-refractivity contribution in [1.29, 1.82) is 0 Å². The van der Waals surface area contributed by atoms with Gasteiger partial charge in [0.1, 0.15) is 5.54 Å². The van der Waals surface area contributed by atoms with Crippen molar-refractivity contribution in [1.82, 2.24) is 30.6 Å². The molecule has 4 N–H and O–H groups in total. The Kier molecular flexibility index (Phi) is 7.58. The van der Waals surface area contributed by atoms with Crippen LogP contribution in [0.25, 0.3) is 21.1 Å². The van der Waals surface area contributed by atoms with E-state index < -0.39 is 11.6 Å². The van der Waals surface area contributed by atoms with Crippen molar-refractivity contribution >= 4 is 46.5 Å². The van der Waals surface area contributed by atoms with E-state index in [-0.39, 0.29) is 18.0 Å². The van der Waals surface area contributed by atoms with E-state index in [0.717, 1.165) is 21.1 Å². The van der Waals surface area contributed by atoms with Crippen molar-refractivity contribution in [3.63, 3.8) is 0 Å². The SMILES string of the molecule is Cc1ccc(-c2ccnc(NC(C)CC3(CC(C)Nc4nccc(-c5ccc(C)s5)n4)NC(=O)NC3=O)n2)s1. The highest BCUT2D eigenvalue weighted by Gasteiger charge is 2.47. The molecular weight excluding hydrogens is 532 g/mol. The molecular formula is C27H30N8O2S2. The van der Waals surface area contributed by atoms with Gasteiger partial charge in [0.25, 0.3) is 5.91 Å². The van der Waals surface area contributed by atoms with E-state index in [2.05, 4.69) is 67.2 Å². The first-order valence-corrected chi connectivity index (χ1v) is 14.3. The van der Waals surface area contributed by atoms with Crippen LogP contribution in [0.4, 0.5) is 16.7 Å². The summed E-state index contributed by atoms with van der Waals surface area (Å²) in [5.74, 6) is 0.569. The smallest absolute Gasteiger partial charge is 0.322 e. The van der Waals surface area contributed by atoms with Gasteiger partial charge < -0.3 is 16.0 Å². The van der Waals surface area contributed by atoms with Crippen molar-refractivity contribution in [2.45, 2.75) is 58.2 Å². The number of hydrogen-bond acceptors (Lipinski definition) is 10. The van der Waals surface area contributed by atoms with Crippen LogP contribution in [-0.2, 0) is 4.79 Å². The van der Waals surface area contributed by atoms with Gasteiger partial charge in [0, 0.05) is 34.2 Å². The van der Waals surface area contributed by atoms with Crippen LogP contribution in [0.2, 0.25) is 0 Å². The lowest BCUT2D eigenvalue weighted by atomic mass is 9.85. The highest BCUT2D eigenvalue weighted by Crippen LogP contribution is 2.29. The van der Waals surface area contributed by atoms with Crippen LogP contribution < -0.4 is 21.3 Å². The van der Waals surface area contributed by atoms with E-state index in [9.17, 15) is 9.59 Å². The Bertz CT molecular complexity index is 1410. The molecule has 5 heterocycles. The van der Waals surface area contributed by atoms with Crippen LogP contribution in [-0.4, -0.2) is 49.5 Å². The van der Waals surface area contributed by atoms with E-state index in [1.807, 2.05) is 38.1 Å². The minimum absolute atomic E-state index is 0.219. The van der Waals surface area contributed by atoms with Gasteiger partial charge in [-0.15, -0.1) is 22.7 Å². The van der Waals surface area contributed by atoms with Gasteiger partial charge in [-0.2, -0.15) is 0 Å². The molecule has 3 amide bonds. The summed E-state index contributed by atoms with van der Waals surface area (Å²) in [6, 6.07) is 11.0. The molecule has 0 aromatic carbocycles. The number of imide groups is 1. The molecule has 12 heteroatoms. The van der Waals surface area contributed by atoms with Crippen molar-refractivity contribution < 1.29 is 9.59 Å². The lowest BCUT2D eigenvalue weighted by Crippen LogP contribution is -2.52. The summed E-state index contributed by atoms with van der Waals surface area (Å²) in [5.41, 5.74) is 0.537. The van der Waals surface area contributed by atoms with Gasteiger partial charge in [-0.25, -0.2) is 24.7 Å². The summed E-state index contributed by atoms with van der Waals surface area (Å²) < 4.78 is 0. The third-order valence-corrected chi connectivity index (χ3v) is 8.42. The molecule has 1 fully saturated rings. The molecule has 1 aliphatic rings. The standard InChI is InChI=1S/C27H30N8O2S2/c1-15(30-24-28-11-9-19(32-24)21-7-5-17(3)38-21)13-27(23(36)34-26(37)35-27)14-16(2)31-25-29-12-10-20(33-25)22-8-6-18(4)39-22/h5-12,15-16H,13-14H2,1-4H3,(H,28,30,32)(H,29,31,33)(H2,34,35,36,37). The number of nitrogens with one attached hydrogen (secondary N) is 4. The first kappa shape index (κ1) is 26.7. The average Bonchev–Trinajstić information content (AvgIpc) is 3.58. The minimum atomic E-state index is -1.12. The molecule has 2 unspecified atom stereocenters. The van der Waals surface area contributed by atoms with Gasteiger partial charge >= 0.3 is 6.03 Å². The molecule has 10 nitrogen and oxygen atoms in total. The van der Waals surface area contributed by atoms with Crippen molar-refractivity contribution in [3.05, 3.63) is 58.5 Å². The number of urea groups is 1. The summed E-state index contributed by atoms with van der Waals surface area (Å²) in [7, 11) is 0. The fourth-order valence-electron chi connectivity index (χ4n) is 4.76. The zero-order chi connectivity index (χ0) is 27.6. The monoisotopic (exact) mass is 562 g/mol. The van der Waals surface area contributed by atoms with Crippen molar-refractivity contribution in [2.75, 3.05) is 10.6 Å². The number of nitrogens with zero attached hydrogens (tertiary/aromatic N) is 4. The molecule has 0 saturated carbocycles. The first-order chi connectivity index (χ1) is 18.7. The van der Waals surface area contributed by atoms with Gasteiger partial charge in [-0.3, -0.25) is 10.1 Å². The van der Waals surface area contributed by atoms with Crippen LogP contribution in [0.5, 0.6) is 0 Å². The number of carbonyl (C=O) groups excluding carboxylic acids is 2. The molecule has 0 aliphatic carbocycles. The Hall–Kier alpha value is -3.90. The number of aryl methyl sites for hydroxylation is 2. The Balaban J connectivity index is 1.28. The highest BCUT2D eigenvalue weighted by molar-refractivity contribution is 7.15. The number of hydrogen-bond donors (Lipinski definition) is 4. The maximum Gasteiger partial charge on any atom is 0.322 e. The molecule has 39 heavy (non-hydrogen) atoms. The Labute approximate surface area is 234 Å². The van der Waals surface area contributed by atoms with E-state index in [0.29, 0.717) is 24.7 Å². The van der Waals surface area contributed by atoms with Gasteiger partial charge in [-0.1, -0.05) is 0 Å². The average molecular weight is 563 g/mol. The van der Waals surface area contributed by atoms with Crippen LogP contribution in [0.3, 0.4) is 0 Å². The summed E-state index contributed by atoms with van der Waals surface area (Å²) in [6.45, 7) is 8.00. The lowest BCUT2D eigenvalue weighted by molar-refractivity contribution is -0.124. The topological polar surface area (TPSA) is 134 Å². The van der Waals surface area contributed by atoms with Crippen LogP contribution in [0.1, 0.15) is 36.4 Å². The van der Waals surface area contributed by atoms with Crippen LogP contribution >= 0.6 is 22.7 Å². The fraction of sp³-hybridized carbons (Fsp3) is 0.333. The third kappa shape index (κ3) is 6.23. The largest absolute Gasteiger partial charge is 0.352 e. The molecule has 1 aliphatic heterocycles. The second kappa shape index (κ2) is 11.1. The van der Waals surface area contributed by atoms with Gasteiger partial charge in [0.05, 0.1) is 21.1 Å². The summed E-state index contributed by atoms with van der Waals surface area (Å²) in [5, 5.41) is 11.9. The maximum atomic E-state index is 13.1. The Morgan fingerprint density at radius 3 is 1.67 bits per heavy atom. The van der Waals surface area contributed by atoms with Crippen LogP contribution in [0.15, 0.2) is 48.8 Å². The van der Waals surface area contributed by atoms with E-state index in [1.165, 1.54) is 9.75 Å². The quantitative estimate of drug-likeness (QED) is 0.199. The predicted molar refractivity (Wildman–Crippen MR) is 155 cm³/mol. The van der Waals surface area contributed by atoms with Gasteiger partial charge in [-0.05, 0) is 76.9 Å². The molecule has 202 valence electrons. The number of amides is 3. The Morgan fingerprint density at radius 2 is 1.28 bits per heavy atom. The molecule has 0 bridgehead atoms. The molecule has 0 spiro atoms. The third-order valence-electron chi connectivity index (χ3n) is 6.37. The second-order valence-corrected chi connectivity index (χ2v) is 12.4. The van der Waals surface area contributed by atoms with E-state index in [4.69, 9.17) is 0 Å². The minimum Gasteiger partial charge on any atom is -0.352 e. The zero-order valence-corrected chi connectivity index (χ0v) is 23.7. The number of rotatable bonds is 10. The summed E-state index contributed by atoms with van der Waals surface area (Å²) in [6.07, 6.45) is 4.09. The summed E-state index contributed by atoms with van der Waals surface area (Å²) in [4.78, 5) is 47.8. The molecule has 2 atom stereocenters. The highest BCUT2D eigenvalue weighted by atomic mass is 32.1. The Morgan fingerprint density at radius 1 is 0.795 bits per heavy atom. The fourth-order valence-corrected chi connectivity index (χ4v) is 6.44. The number of carbonyl (C=O) groups is 2. The van der Waals surface area contributed by atoms with Gasteiger partial charge in [0.15, 0.2) is 0 Å². The maximum absolute atomic E-state index is 13.1. The number of thiophene rings is 2. The first-order valence-electron chi connectivity index (χ1n) is 12.7. The van der Waals surface area contributed by atoms with Gasteiger partial charge in [0.2, 0.25) is 11.9 Å². The van der Waals surface area contributed by atoms with Crippen LogP contribution in [0, 0.1) is 13.8 Å². The van der Waals surface area contributed by atoms with E-state index in [1.54, 1.807) is 35.1 Å². The molecule has 5 rings (SSSR count). The number of anilines is 2. The van der Waals surface area contributed by atoms with Crippen molar-refractivity contribution in [2.24, 2.45) is 0 Å². The molecule has 4 aromatic heterocycles.